The zero-order valence-electron chi connectivity index (χ0n) is 7.33. The van der Waals surface area contributed by atoms with E-state index >= 15 is 0 Å². The van der Waals surface area contributed by atoms with E-state index in [-0.39, 0.29) is 5.54 Å². The maximum absolute atomic E-state index is 6.04. The second kappa shape index (κ2) is 3.50. The van der Waals surface area contributed by atoms with E-state index in [0.29, 0.717) is 0 Å². The van der Waals surface area contributed by atoms with Crippen molar-refractivity contribution in [2.75, 3.05) is 0 Å². The highest BCUT2D eigenvalue weighted by Crippen LogP contribution is 2.20. The van der Waals surface area contributed by atoms with E-state index < -0.39 is 0 Å². The van der Waals surface area contributed by atoms with E-state index in [0.717, 1.165) is 12.0 Å². The summed E-state index contributed by atoms with van der Waals surface area (Å²) in [5.41, 5.74) is 6.75. The Morgan fingerprint density at radius 1 is 1.75 bits per heavy atom. The quantitative estimate of drug-likeness (QED) is 0.689. The Labute approximate surface area is 73.1 Å². The van der Waals surface area contributed by atoms with E-state index in [1.165, 1.54) is 0 Å². The summed E-state index contributed by atoms with van der Waals surface area (Å²) >= 11 is 0. The smallest absolute Gasteiger partial charge is 0.0431 e. The molecule has 1 unspecified atom stereocenters. The van der Waals surface area contributed by atoms with Gasteiger partial charge in [0.25, 0.3) is 0 Å². The van der Waals surface area contributed by atoms with Gasteiger partial charge in [0.2, 0.25) is 0 Å². The summed E-state index contributed by atoms with van der Waals surface area (Å²) < 4.78 is 0. The normalized spacial score (nSPS) is 15.2. The fourth-order valence-electron chi connectivity index (χ4n) is 1.12. The summed E-state index contributed by atoms with van der Waals surface area (Å²) in [7, 11) is 0. The van der Waals surface area contributed by atoms with Gasteiger partial charge in [0.1, 0.15) is 0 Å². The van der Waals surface area contributed by atoms with Crippen LogP contribution in [0.5, 0.6) is 0 Å². The zero-order chi connectivity index (χ0) is 9.03. The van der Waals surface area contributed by atoms with Crippen molar-refractivity contribution >= 4 is 0 Å². The van der Waals surface area contributed by atoms with E-state index in [1.54, 1.807) is 12.4 Å². The molecule has 0 aliphatic rings. The average molecular weight is 162 g/mol. The number of aromatic nitrogens is 1. The molecule has 0 saturated carbocycles. The van der Waals surface area contributed by atoms with Crippen molar-refractivity contribution in [2.24, 2.45) is 5.73 Å². The van der Waals surface area contributed by atoms with E-state index in [1.807, 2.05) is 25.1 Å². The monoisotopic (exact) mass is 162 g/mol. The number of hydrogen-bond acceptors (Lipinski definition) is 2. The molecule has 0 bridgehead atoms. The van der Waals surface area contributed by atoms with Crippen LogP contribution in [-0.4, -0.2) is 4.98 Å². The molecule has 0 saturated heterocycles. The molecule has 2 nitrogen and oxygen atoms in total. The molecule has 0 amide bonds. The molecule has 2 heteroatoms. The summed E-state index contributed by atoms with van der Waals surface area (Å²) in [6.07, 6.45) is 6.13. The molecule has 0 aliphatic heterocycles. The average Bonchev–Trinajstić information content (AvgIpc) is 2.06. The van der Waals surface area contributed by atoms with Gasteiger partial charge in [-0.05, 0) is 25.0 Å². The zero-order valence-corrected chi connectivity index (χ0v) is 7.33. The second-order valence-corrected chi connectivity index (χ2v) is 3.15. The Hall–Kier alpha value is -1.15. The highest BCUT2D eigenvalue weighted by atomic mass is 14.7. The van der Waals surface area contributed by atoms with Crippen LogP contribution in [0.2, 0.25) is 0 Å². The van der Waals surface area contributed by atoms with Crippen LogP contribution in [0.1, 0.15) is 18.9 Å². The Morgan fingerprint density at radius 3 is 3.00 bits per heavy atom. The van der Waals surface area contributed by atoms with Gasteiger partial charge in [0.15, 0.2) is 0 Å². The van der Waals surface area contributed by atoms with E-state index in [2.05, 4.69) is 11.6 Å². The Balaban J connectivity index is 2.89. The molecule has 0 aromatic carbocycles. The van der Waals surface area contributed by atoms with Gasteiger partial charge in [-0.15, -0.1) is 6.58 Å². The summed E-state index contributed by atoms with van der Waals surface area (Å²) in [5.74, 6) is 0. The van der Waals surface area contributed by atoms with Crippen LogP contribution in [0.25, 0.3) is 0 Å². The Morgan fingerprint density at radius 2 is 2.50 bits per heavy atom. The molecule has 0 fully saturated rings. The first kappa shape index (κ1) is 8.94. The van der Waals surface area contributed by atoms with Gasteiger partial charge in [-0.2, -0.15) is 0 Å². The topological polar surface area (TPSA) is 38.9 Å². The largest absolute Gasteiger partial charge is 0.321 e. The molecule has 1 aromatic rings. The molecular weight excluding hydrogens is 148 g/mol. The van der Waals surface area contributed by atoms with Crippen molar-refractivity contribution in [1.82, 2.24) is 4.98 Å². The lowest BCUT2D eigenvalue weighted by molar-refractivity contribution is 0.500. The maximum atomic E-state index is 6.04. The third-order valence-corrected chi connectivity index (χ3v) is 1.89. The molecule has 1 aromatic heterocycles. The highest BCUT2D eigenvalue weighted by Gasteiger charge is 2.18. The summed E-state index contributed by atoms with van der Waals surface area (Å²) in [4.78, 5) is 4.02. The Bertz CT molecular complexity index is 252. The first-order valence-electron chi connectivity index (χ1n) is 3.97. The van der Waals surface area contributed by atoms with Crippen molar-refractivity contribution in [3.05, 3.63) is 42.7 Å². The molecule has 0 radical (unpaired) electrons. The van der Waals surface area contributed by atoms with Crippen LogP contribution in [-0.2, 0) is 5.54 Å². The molecule has 2 N–H and O–H groups in total. The minimum Gasteiger partial charge on any atom is -0.321 e. The van der Waals surface area contributed by atoms with Gasteiger partial charge < -0.3 is 5.73 Å². The molecule has 1 rings (SSSR count). The molecule has 1 atom stereocenters. The van der Waals surface area contributed by atoms with Crippen molar-refractivity contribution in [2.45, 2.75) is 18.9 Å². The van der Waals surface area contributed by atoms with E-state index in [9.17, 15) is 0 Å². The SMILES string of the molecule is C=CCC(C)(N)c1cccnc1. The van der Waals surface area contributed by atoms with Crippen LogP contribution < -0.4 is 5.73 Å². The van der Waals surface area contributed by atoms with Crippen LogP contribution in [0.4, 0.5) is 0 Å². The van der Waals surface area contributed by atoms with Crippen LogP contribution in [0.15, 0.2) is 37.2 Å². The fourth-order valence-corrected chi connectivity index (χ4v) is 1.12. The van der Waals surface area contributed by atoms with Crippen molar-refractivity contribution < 1.29 is 0 Å². The van der Waals surface area contributed by atoms with Gasteiger partial charge in [-0.1, -0.05) is 12.1 Å². The second-order valence-electron chi connectivity index (χ2n) is 3.15. The van der Waals surface area contributed by atoms with Crippen molar-refractivity contribution in [3.8, 4) is 0 Å². The predicted octanol–water partition coefficient (Wildman–Crippen LogP) is 1.83. The van der Waals surface area contributed by atoms with Gasteiger partial charge >= 0.3 is 0 Å². The van der Waals surface area contributed by atoms with Crippen molar-refractivity contribution in [1.29, 1.82) is 0 Å². The number of hydrogen-bond donors (Lipinski definition) is 1. The summed E-state index contributed by atoms with van der Waals surface area (Å²) in [6.45, 7) is 5.65. The summed E-state index contributed by atoms with van der Waals surface area (Å²) in [5, 5.41) is 0. The van der Waals surface area contributed by atoms with Gasteiger partial charge in [-0.25, -0.2) is 0 Å². The fraction of sp³-hybridized carbons (Fsp3) is 0.300. The van der Waals surface area contributed by atoms with Crippen LogP contribution in [0.3, 0.4) is 0 Å². The lowest BCUT2D eigenvalue weighted by Crippen LogP contribution is -2.32. The highest BCUT2D eigenvalue weighted by molar-refractivity contribution is 5.19. The number of rotatable bonds is 3. The third kappa shape index (κ3) is 1.92. The van der Waals surface area contributed by atoms with Gasteiger partial charge in [0.05, 0.1) is 0 Å². The molecule has 1 heterocycles. The third-order valence-electron chi connectivity index (χ3n) is 1.89. The molecule has 12 heavy (non-hydrogen) atoms. The standard InChI is InChI=1S/C10H14N2/c1-3-6-10(2,11)9-5-4-7-12-8-9/h3-5,7-8H,1,6,11H2,2H3. The first-order chi connectivity index (χ1) is 5.67. The number of nitrogens with zero attached hydrogens (tertiary/aromatic N) is 1. The summed E-state index contributed by atoms with van der Waals surface area (Å²) in [6, 6.07) is 3.88. The maximum Gasteiger partial charge on any atom is 0.0431 e. The molecular formula is C10H14N2. The first-order valence-corrected chi connectivity index (χ1v) is 3.97. The number of nitrogens with two attached hydrogens (primary N) is 1. The molecule has 64 valence electrons. The lowest BCUT2D eigenvalue weighted by atomic mass is 9.91. The van der Waals surface area contributed by atoms with Crippen LogP contribution >= 0.6 is 0 Å². The Kier molecular flexibility index (Phi) is 2.61. The molecule has 0 spiro atoms. The minimum absolute atomic E-state index is 0.337. The lowest BCUT2D eigenvalue weighted by Gasteiger charge is -2.22. The van der Waals surface area contributed by atoms with E-state index in [4.69, 9.17) is 5.73 Å². The van der Waals surface area contributed by atoms with Crippen LogP contribution in [0, 0.1) is 0 Å². The predicted molar refractivity (Wildman–Crippen MR) is 50.6 cm³/mol. The minimum atomic E-state index is -0.337. The molecule has 0 aliphatic carbocycles. The van der Waals surface area contributed by atoms with Crippen molar-refractivity contribution in [3.63, 3.8) is 0 Å². The van der Waals surface area contributed by atoms with Gasteiger partial charge in [0, 0.05) is 17.9 Å². The number of pyridine rings is 1. The van der Waals surface area contributed by atoms with Gasteiger partial charge in [-0.3, -0.25) is 4.98 Å².